The van der Waals surface area contributed by atoms with E-state index >= 15 is 0 Å². The SMILES string of the molecule is CC(NOC(=O)c1ccc(C(=[O+])[C@]2(C)CC[C@@H]3CCCC[C@H]3C2)cc1)c1ccccc1. The van der Waals surface area contributed by atoms with Gasteiger partial charge in [0.2, 0.25) is 4.79 Å². The van der Waals surface area contributed by atoms with Crippen LogP contribution in [0.1, 0.15) is 91.1 Å². The lowest BCUT2D eigenvalue weighted by Crippen LogP contribution is -2.38. The zero-order valence-corrected chi connectivity index (χ0v) is 18.6. The quantitative estimate of drug-likeness (QED) is 0.340. The highest BCUT2D eigenvalue weighted by Crippen LogP contribution is 2.49. The molecule has 1 N–H and O–H groups in total. The fourth-order valence-electron chi connectivity index (χ4n) is 5.44. The van der Waals surface area contributed by atoms with E-state index in [-0.39, 0.29) is 17.2 Å². The van der Waals surface area contributed by atoms with E-state index in [1.165, 1.54) is 32.1 Å². The maximum absolute atomic E-state index is 13.3. The Bertz CT molecular complexity index is 908. The summed E-state index contributed by atoms with van der Waals surface area (Å²) in [5.74, 6) is 1.28. The van der Waals surface area contributed by atoms with Gasteiger partial charge in [-0.3, -0.25) is 0 Å². The van der Waals surface area contributed by atoms with Crippen LogP contribution in [0.2, 0.25) is 0 Å². The monoisotopic (exact) mass is 419 g/mol. The van der Waals surface area contributed by atoms with Gasteiger partial charge in [0.05, 0.1) is 22.6 Å². The van der Waals surface area contributed by atoms with E-state index in [9.17, 15) is 9.59 Å². The standard InChI is InChI=1S/C27H33NO3/c1-19(20-8-4-3-5-9-20)28-31-26(30)23-14-12-22(13-15-23)25(29)27(2)17-16-21-10-6-7-11-24(21)18-27/h3-5,8-9,12-15,19,21,24,28H,6-7,10-11,16-18H2,1-2H3/q+1/t19?,21-,24-,27+/m0/s1. The summed E-state index contributed by atoms with van der Waals surface area (Å²) in [5, 5.41) is 0. The zero-order chi connectivity index (χ0) is 21.8. The predicted octanol–water partition coefficient (Wildman–Crippen LogP) is 6.29. The first-order valence-electron chi connectivity index (χ1n) is 11.6. The number of ketones is 1. The highest BCUT2D eigenvalue weighted by Gasteiger charge is 2.50. The van der Waals surface area contributed by atoms with Crippen LogP contribution >= 0.6 is 0 Å². The number of carbonyl (C=O) groups is 2. The molecule has 0 aliphatic heterocycles. The Morgan fingerprint density at radius 2 is 1.65 bits per heavy atom. The minimum atomic E-state index is -0.448. The maximum atomic E-state index is 13.3. The number of carbonyl (C=O) groups excluding carboxylic acids is 2. The van der Waals surface area contributed by atoms with E-state index in [1.807, 2.05) is 37.3 Å². The van der Waals surface area contributed by atoms with E-state index in [2.05, 4.69) is 12.4 Å². The van der Waals surface area contributed by atoms with Crippen molar-refractivity contribution in [2.45, 2.75) is 64.8 Å². The molecule has 2 aromatic carbocycles. The van der Waals surface area contributed by atoms with Crippen LogP contribution in [0.15, 0.2) is 54.6 Å². The Morgan fingerprint density at radius 3 is 2.35 bits per heavy atom. The molecule has 1 radical (unpaired) electrons. The van der Waals surface area contributed by atoms with Gasteiger partial charge in [0.25, 0.3) is 0 Å². The largest absolute Gasteiger partial charge is 0.480 e. The van der Waals surface area contributed by atoms with Gasteiger partial charge in [-0.2, -0.15) is 0 Å². The van der Waals surface area contributed by atoms with Gasteiger partial charge in [-0.15, -0.1) is 5.48 Å². The molecule has 0 saturated heterocycles. The molecule has 0 bridgehead atoms. The number of rotatable bonds is 6. The molecule has 4 nitrogen and oxygen atoms in total. The second-order valence-corrected chi connectivity index (χ2v) is 9.65. The first kappa shape index (κ1) is 21.8. The zero-order valence-electron chi connectivity index (χ0n) is 18.6. The van der Waals surface area contributed by atoms with Crippen LogP contribution in [-0.2, 0) is 4.84 Å². The Morgan fingerprint density at radius 1 is 1.00 bits per heavy atom. The Hall–Kier alpha value is -2.46. The number of fused-ring (bicyclic) bond motifs is 1. The Labute approximate surface area is 185 Å². The van der Waals surface area contributed by atoms with Crippen molar-refractivity contribution in [3.8, 4) is 0 Å². The lowest BCUT2D eigenvalue weighted by atomic mass is 9.60. The molecule has 31 heavy (non-hydrogen) atoms. The molecule has 2 aromatic rings. The van der Waals surface area contributed by atoms with Crippen LogP contribution in [0.5, 0.6) is 0 Å². The first-order valence-corrected chi connectivity index (χ1v) is 11.6. The highest BCUT2D eigenvalue weighted by molar-refractivity contribution is 6.01. The maximum Gasteiger partial charge on any atom is 0.480 e. The van der Waals surface area contributed by atoms with Crippen LogP contribution in [0.4, 0.5) is 0 Å². The van der Waals surface area contributed by atoms with Gasteiger partial charge in [-0.05, 0) is 74.8 Å². The minimum Gasteiger partial charge on any atom is -0.366 e. The summed E-state index contributed by atoms with van der Waals surface area (Å²) >= 11 is 0. The van der Waals surface area contributed by atoms with Crippen molar-refractivity contribution in [2.75, 3.05) is 0 Å². The second kappa shape index (κ2) is 9.35. The second-order valence-electron chi connectivity index (χ2n) is 9.65. The van der Waals surface area contributed by atoms with Crippen molar-refractivity contribution in [3.63, 3.8) is 0 Å². The Balaban J connectivity index is 1.36. The molecule has 0 heterocycles. The van der Waals surface area contributed by atoms with E-state index in [0.717, 1.165) is 24.3 Å². The molecule has 0 amide bonds. The summed E-state index contributed by atoms with van der Waals surface area (Å²) in [5.41, 5.74) is 4.69. The summed E-state index contributed by atoms with van der Waals surface area (Å²) in [6.07, 6.45) is 8.40. The molecule has 2 aliphatic rings. The average Bonchev–Trinajstić information content (AvgIpc) is 2.82. The molecule has 4 heteroatoms. The van der Waals surface area contributed by atoms with Crippen LogP contribution in [0.25, 0.3) is 0 Å². The number of benzene rings is 2. The number of hydroxylamine groups is 1. The third-order valence-corrected chi connectivity index (χ3v) is 7.41. The third kappa shape index (κ3) is 4.90. The number of nitrogens with one attached hydrogen (secondary N) is 1. The van der Waals surface area contributed by atoms with E-state index in [1.54, 1.807) is 24.3 Å². The van der Waals surface area contributed by atoms with Crippen molar-refractivity contribution in [1.29, 1.82) is 0 Å². The van der Waals surface area contributed by atoms with Gasteiger partial charge in [0.15, 0.2) is 0 Å². The van der Waals surface area contributed by atoms with Crippen LogP contribution in [-0.4, -0.2) is 11.8 Å². The fraction of sp³-hybridized carbons (Fsp3) is 0.481. The van der Waals surface area contributed by atoms with Crippen molar-refractivity contribution < 1.29 is 14.4 Å². The topological polar surface area (TPSA) is 58.2 Å². The van der Waals surface area contributed by atoms with Crippen molar-refractivity contribution >= 4 is 11.8 Å². The summed E-state index contributed by atoms with van der Waals surface area (Å²) in [4.78, 5) is 31.0. The minimum absolute atomic E-state index is 0.110. The first-order chi connectivity index (χ1) is 15.0. The summed E-state index contributed by atoms with van der Waals surface area (Å²) in [6.45, 7) is 4.07. The molecule has 4 atom stereocenters. The van der Waals surface area contributed by atoms with Crippen molar-refractivity contribution in [3.05, 3.63) is 71.3 Å². The smallest absolute Gasteiger partial charge is 0.366 e. The average molecular weight is 420 g/mol. The molecule has 163 valence electrons. The molecule has 1 unspecified atom stereocenters. The lowest BCUT2D eigenvalue weighted by molar-refractivity contribution is 0.0169. The van der Waals surface area contributed by atoms with Crippen molar-refractivity contribution in [2.24, 2.45) is 17.3 Å². The molecular formula is C27H33NO3+. The molecule has 0 aromatic heterocycles. The fourth-order valence-corrected chi connectivity index (χ4v) is 5.44. The highest BCUT2D eigenvalue weighted by atomic mass is 16.7. The molecule has 2 aliphatic carbocycles. The molecule has 0 spiro atoms. The van der Waals surface area contributed by atoms with Crippen LogP contribution in [0.3, 0.4) is 0 Å². The van der Waals surface area contributed by atoms with Gasteiger partial charge in [0, 0.05) is 0 Å². The van der Waals surface area contributed by atoms with Crippen molar-refractivity contribution in [1.82, 2.24) is 5.48 Å². The van der Waals surface area contributed by atoms with E-state index < -0.39 is 5.97 Å². The molecule has 4 rings (SSSR count). The van der Waals surface area contributed by atoms with Gasteiger partial charge < -0.3 is 4.84 Å². The number of Topliss-reactive ketones (excluding diaryl/α,β-unsaturated/α-hetero) is 1. The van der Waals surface area contributed by atoms with Crippen LogP contribution < -0.4 is 5.48 Å². The van der Waals surface area contributed by atoms with Gasteiger partial charge in [-0.1, -0.05) is 56.0 Å². The lowest BCUT2D eigenvalue weighted by Gasteiger charge is -2.41. The molecular weight excluding hydrogens is 386 g/mol. The predicted molar refractivity (Wildman–Crippen MR) is 122 cm³/mol. The van der Waals surface area contributed by atoms with Gasteiger partial charge in [-0.25, -0.2) is 4.79 Å². The normalized spacial score (nSPS) is 26.5. The van der Waals surface area contributed by atoms with Crippen LogP contribution in [0, 0.1) is 17.3 Å². The Kier molecular flexibility index (Phi) is 6.57. The summed E-state index contributed by atoms with van der Waals surface area (Å²) < 4.78 is 0. The number of hydrogen-bond acceptors (Lipinski definition) is 4. The van der Waals surface area contributed by atoms with Gasteiger partial charge >= 0.3 is 11.8 Å². The molecule has 2 saturated carbocycles. The summed E-state index contributed by atoms with van der Waals surface area (Å²) in [6, 6.07) is 16.6. The molecule has 2 fully saturated rings. The third-order valence-electron chi connectivity index (χ3n) is 7.41. The van der Waals surface area contributed by atoms with Gasteiger partial charge in [0.1, 0.15) is 0 Å². The van der Waals surface area contributed by atoms with E-state index in [0.29, 0.717) is 17.0 Å². The summed E-state index contributed by atoms with van der Waals surface area (Å²) in [7, 11) is 0. The number of hydrogen-bond donors (Lipinski definition) is 1. The van der Waals surface area contributed by atoms with E-state index in [4.69, 9.17) is 4.84 Å².